The predicted molar refractivity (Wildman–Crippen MR) is 80.9 cm³/mol. The minimum atomic E-state index is -0.0953. The molecule has 2 aromatic rings. The first kappa shape index (κ1) is 13.6. The molecule has 0 heterocycles. The Bertz CT molecular complexity index is 611. The molecule has 0 aliphatic heterocycles. The van der Waals surface area contributed by atoms with Gasteiger partial charge in [-0.05, 0) is 36.2 Å². The van der Waals surface area contributed by atoms with Gasteiger partial charge in [0.1, 0.15) is 0 Å². The van der Waals surface area contributed by atoms with Gasteiger partial charge < -0.3 is 11.1 Å². The Balaban J connectivity index is 2.10. The Morgan fingerprint density at radius 1 is 1.21 bits per heavy atom. The molecule has 98 valence electrons. The summed E-state index contributed by atoms with van der Waals surface area (Å²) >= 11 is 3.42. The van der Waals surface area contributed by atoms with Crippen LogP contribution < -0.4 is 11.1 Å². The fourth-order valence-electron chi connectivity index (χ4n) is 1.82. The summed E-state index contributed by atoms with van der Waals surface area (Å²) in [5, 5.41) is 2.88. The van der Waals surface area contributed by atoms with Crippen molar-refractivity contribution < 1.29 is 4.79 Å². The second-order valence-electron chi connectivity index (χ2n) is 4.29. The Kier molecular flexibility index (Phi) is 4.22. The van der Waals surface area contributed by atoms with E-state index in [1.54, 1.807) is 0 Å². The molecule has 0 aliphatic carbocycles. The number of amides is 1. The van der Waals surface area contributed by atoms with Crippen LogP contribution in [0.2, 0.25) is 0 Å². The third-order valence-electron chi connectivity index (χ3n) is 3.01. The summed E-state index contributed by atoms with van der Waals surface area (Å²) in [5.74, 6) is -0.0953. The van der Waals surface area contributed by atoms with Crippen molar-refractivity contribution in [2.24, 2.45) is 0 Å². The average molecular weight is 319 g/mol. The van der Waals surface area contributed by atoms with Crippen molar-refractivity contribution in [1.29, 1.82) is 0 Å². The number of carbonyl (C=O) groups excluding carboxylic acids is 1. The van der Waals surface area contributed by atoms with Crippen LogP contribution in [-0.2, 0) is 6.54 Å². The highest BCUT2D eigenvalue weighted by atomic mass is 79.9. The maximum Gasteiger partial charge on any atom is 0.251 e. The standard InChI is InChI=1S/C15H15BrN2O/c1-10-12(6-4-7-13(10)16)15(19)18-9-11-5-2-3-8-14(11)17/h2-8H,9,17H2,1H3,(H,18,19). The molecule has 0 radical (unpaired) electrons. The van der Waals surface area contributed by atoms with Crippen molar-refractivity contribution in [1.82, 2.24) is 5.32 Å². The van der Waals surface area contributed by atoms with Crippen molar-refractivity contribution in [3.8, 4) is 0 Å². The van der Waals surface area contributed by atoms with Gasteiger partial charge in [-0.1, -0.05) is 40.2 Å². The van der Waals surface area contributed by atoms with Gasteiger partial charge in [0.15, 0.2) is 0 Å². The Labute approximate surface area is 121 Å². The second kappa shape index (κ2) is 5.89. The summed E-state index contributed by atoms with van der Waals surface area (Å²) in [4.78, 5) is 12.1. The number of nitrogen functional groups attached to an aromatic ring is 1. The summed E-state index contributed by atoms with van der Waals surface area (Å²) in [6.45, 7) is 2.34. The fourth-order valence-corrected chi connectivity index (χ4v) is 2.19. The number of para-hydroxylation sites is 1. The van der Waals surface area contributed by atoms with Gasteiger partial charge in [-0.3, -0.25) is 4.79 Å². The van der Waals surface area contributed by atoms with Crippen molar-refractivity contribution in [3.05, 3.63) is 63.6 Å². The number of hydrogen-bond acceptors (Lipinski definition) is 2. The molecule has 19 heavy (non-hydrogen) atoms. The molecule has 0 aliphatic rings. The molecule has 0 fully saturated rings. The zero-order chi connectivity index (χ0) is 13.8. The van der Waals surface area contributed by atoms with E-state index in [1.807, 2.05) is 49.4 Å². The summed E-state index contributed by atoms with van der Waals surface area (Å²) in [5.41, 5.74) is 9.05. The molecule has 0 saturated heterocycles. The molecule has 3 nitrogen and oxygen atoms in total. The lowest BCUT2D eigenvalue weighted by atomic mass is 10.1. The highest BCUT2D eigenvalue weighted by Crippen LogP contribution is 2.19. The third-order valence-corrected chi connectivity index (χ3v) is 3.87. The van der Waals surface area contributed by atoms with E-state index in [1.165, 1.54) is 0 Å². The molecular formula is C15H15BrN2O. The number of nitrogens with two attached hydrogens (primary N) is 1. The van der Waals surface area contributed by atoms with E-state index in [0.717, 1.165) is 15.6 Å². The molecule has 4 heteroatoms. The summed E-state index contributed by atoms with van der Waals surface area (Å²) < 4.78 is 0.930. The van der Waals surface area contributed by atoms with E-state index in [9.17, 15) is 4.79 Å². The molecule has 0 bridgehead atoms. The number of benzene rings is 2. The van der Waals surface area contributed by atoms with Gasteiger partial charge in [0.25, 0.3) is 5.91 Å². The molecule has 2 aromatic carbocycles. The maximum absolute atomic E-state index is 12.1. The predicted octanol–water partition coefficient (Wildman–Crippen LogP) is 3.27. The highest BCUT2D eigenvalue weighted by Gasteiger charge is 2.10. The van der Waals surface area contributed by atoms with E-state index >= 15 is 0 Å². The van der Waals surface area contributed by atoms with E-state index in [2.05, 4.69) is 21.2 Å². The van der Waals surface area contributed by atoms with Gasteiger partial charge in [-0.2, -0.15) is 0 Å². The molecule has 3 N–H and O–H groups in total. The molecule has 0 aromatic heterocycles. The summed E-state index contributed by atoms with van der Waals surface area (Å²) in [6.07, 6.45) is 0. The van der Waals surface area contributed by atoms with Crippen LogP contribution in [-0.4, -0.2) is 5.91 Å². The molecule has 0 unspecified atom stereocenters. The first-order valence-electron chi connectivity index (χ1n) is 5.96. The van der Waals surface area contributed by atoms with Crippen LogP contribution >= 0.6 is 15.9 Å². The zero-order valence-electron chi connectivity index (χ0n) is 10.6. The van der Waals surface area contributed by atoms with Crippen LogP contribution in [0.15, 0.2) is 46.9 Å². The molecule has 0 spiro atoms. The van der Waals surface area contributed by atoms with Gasteiger partial charge in [-0.25, -0.2) is 0 Å². The van der Waals surface area contributed by atoms with Gasteiger partial charge in [0.05, 0.1) is 0 Å². The lowest BCUT2D eigenvalue weighted by Gasteiger charge is -2.10. The van der Waals surface area contributed by atoms with Crippen LogP contribution in [0.4, 0.5) is 5.69 Å². The number of rotatable bonds is 3. The average Bonchev–Trinajstić information content (AvgIpc) is 2.40. The monoisotopic (exact) mass is 318 g/mol. The van der Waals surface area contributed by atoms with Gasteiger partial charge in [0.2, 0.25) is 0 Å². The van der Waals surface area contributed by atoms with Crippen molar-refractivity contribution >= 4 is 27.5 Å². The van der Waals surface area contributed by atoms with E-state index in [4.69, 9.17) is 5.73 Å². The largest absolute Gasteiger partial charge is 0.398 e. The third kappa shape index (κ3) is 3.15. The number of carbonyl (C=O) groups is 1. The summed E-state index contributed by atoms with van der Waals surface area (Å²) in [6, 6.07) is 13.1. The van der Waals surface area contributed by atoms with Crippen LogP contribution in [0.5, 0.6) is 0 Å². The van der Waals surface area contributed by atoms with Crippen LogP contribution in [0, 0.1) is 6.92 Å². The van der Waals surface area contributed by atoms with Gasteiger partial charge >= 0.3 is 0 Å². The molecule has 0 atom stereocenters. The Morgan fingerprint density at radius 3 is 2.68 bits per heavy atom. The van der Waals surface area contributed by atoms with E-state index < -0.39 is 0 Å². The van der Waals surface area contributed by atoms with Gasteiger partial charge in [0, 0.05) is 22.3 Å². The molecule has 0 saturated carbocycles. The normalized spacial score (nSPS) is 10.2. The lowest BCUT2D eigenvalue weighted by Crippen LogP contribution is -2.24. The lowest BCUT2D eigenvalue weighted by molar-refractivity contribution is 0.0950. The summed E-state index contributed by atoms with van der Waals surface area (Å²) in [7, 11) is 0. The van der Waals surface area contributed by atoms with Crippen molar-refractivity contribution in [2.45, 2.75) is 13.5 Å². The zero-order valence-corrected chi connectivity index (χ0v) is 12.2. The Hall–Kier alpha value is -1.81. The van der Waals surface area contributed by atoms with E-state index in [-0.39, 0.29) is 5.91 Å². The number of hydrogen-bond donors (Lipinski definition) is 2. The molecule has 2 rings (SSSR count). The van der Waals surface area contributed by atoms with Crippen LogP contribution in [0.3, 0.4) is 0 Å². The second-order valence-corrected chi connectivity index (χ2v) is 5.15. The Morgan fingerprint density at radius 2 is 1.95 bits per heavy atom. The maximum atomic E-state index is 12.1. The van der Waals surface area contributed by atoms with Crippen molar-refractivity contribution in [2.75, 3.05) is 5.73 Å². The smallest absolute Gasteiger partial charge is 0.251 e. The molecular weight excluding hydrogens is 304 g/mol. The quantitative estimate of drug-likeness (QED) is 0.853. The highest BCUT2D eigenvalue weighted by molar-refractivity contribution is 9.10. The van der Waals surface area contributed by atoms with Crippen LogP contribution in [0.1, 0.15) is 21.5 Å². The minimum absolute atomic E-state index is 0.0953. The fraction of sp³-hybridized carbons (Fsp3) is 0.133. The number of anilines is 1. The van der Waals surface area contributed by atoms with Crippen LogP contribution in [0.25, 0.3) is 0 Å². The van der Waals surface area contributed by atoms with Crippen molar-refractivity contribution in [3.63, 3.8) is 0 Å². The number of nitrogens with one attached hydrogen (secondary N) is 1. The van der Waals surface area contributed by atoms with E-state index in [0.29, 0.717) is 17.8 Å². The molecule has 1 amide bonds. The number of halogens is 1. The van der Waals surface area contributed by atoms with Gasteiger partial charge in [-0.15, -0.1) is 0 Å². The minimum Gasteiger partial charge on any atom is -0.398 e. The first-order chi connectivity index (χ1) is 9.09. The SMILES string of the molecule is Cc1c(Br)cccc1C(=O)NCc1ccccc1N. The topological polar surface area (TPSA) is 55.1 Å². The first-order valence-corrected chi connectivity index (χ1v) is 6.75.